The summed E-state index contributed by atoms with van der Waals surface area (Å²) in [6.07, 6.45) is 7.20. The number of rotatable bonds is 6. The molecule has 1 aliphatic carbocycles. The lowest BCUT2D eigenvalue weighted by Gasteiger charge is -2.08. The number of hydrogen-bond donors (Lipinski definition) is 1. The zero-order valence-corrected chi connectivity index (χ0v) is 13.5. The van der Waals surface area contributed by atoms with E-state index in [1.54, 1.807) is 29.4 Å². The average molecular weight is 335 g/mol. The van der Waals surface area contributed by atoms with Crippen LogP contribution in [0.1, 0.15) is 23.2 Å². The van der Waals surface area contributed by atoms with Gasteiger partial charge in [0.2, 0.25) is 5.88 Å². The number of ether oxygens (including phenoxy) is 1. The molecular formula is C18H17N5O2. The van der Waals surface area contributed by atoms with Gasteiger partial charge in [0, 0.05) is 18.0 Å². The van der Waals surface area contributed by atoms with Crippen molar-refractivity contribution in [3.05, 3.63) is 60.8 Å². The molecule has 1 fully saturated rings. The number of aromatic nitrogens is 4. The van der Waals surface area contributed by atoms with Gasteiger partial charge in [-0.05, 0) is 43.0 Å². The number of nitrogens with zero attached hydrogens (tertiary/aromatic N) is 4. The Balaban J connectivity index is 1.42. The van der Waals surface area contributed by atoms with Crippen LogP contribution in [-0.4, -0.2) is 32.3 Å². The third-order valence-electron chi connectivity index (χ3n) is 3.98. The van der Waals surface area contributed by atoms with Crippen LogP contribution in [0, 0.1) is 5.92 Å². The summed E-state index contributed by atoms with van der Waals surface area (Å²) in [4.78, 5) is 16.6. The Bertz CT molecular complexity index is 857. The molecule has 7 nitrogen and oxygen atoms in total. The summed E-state index contributed by atoms with van der Waals surface area (Å²) >= 11 is 0. The molecule has 0 aliphatic heterocycles. The molecule has 0 bridgehead atoms. The van der Waals surface area contributed by atoms with Crippen LogP contribution in [0.3, 0.4) is 0 Å². The van der Waals surface area contributed by atoms with E-state index in [0.29, 0.717) is 29.7 Å². The van der Waals surface area contributed by atoms with E-state index in [9.17, 15) is 4.79 Å². The molecule has 4 rings (SSSR count). The highest BCUT2D eigenvalue weighted by Crippen LogP contribution is 2.29. The van der Waals surface area contributed by atoms with Gasteiger partial charge in [-0.1, -0.05) is 6.07 Å². The van der Waals surface area contributed by atoms with Crippen molar-refractivity contribution in [2.45, 2.75) is 12.8 Å². The minimum absolute atomic E-state index is 0.220. The van der Waals surface area contributed by atoms with Crippen LogP contribution in [0.25, 0.3) is 5.69 Å². The number of hydrogen-bond acceptors (Lipinski definition) is 5. The van der Waals surface area contributed by atoms with Gasteiger partial charge in [-0.2, -0.15) is 0 Å². The standard InChI is InChI=1S/C18H17N5O2/c24-18(14-6-7-17(19-9-14)25-10-13-4-5-13)22-15-2-1-3-16(8-15)23-11-20-21-12-23/h1-3,6-9,11-13H,4-5,10H2,(H,22,24). The molecule has 7 heteroatoms. The van der Waals surface area contributed by atoms with E-state index in [2.05, 4.69) is 20.5 Å². The number of amides is 1. The topological polar surface area (TPSA) is 81.9 Å². The van der Waals surface area contributed by atoms with Crippen molar-refractivity contribution in [1.29, 1.82) is 0 Å². The second-order valence-corrected chi connectivity index (χ2v) is 6.01. The smallest absolute Gasteiger partial charge is 0.257 e. The van der Waals surface area contributed by atoms with Crippen molar-refractivity contribution >= 4 is 11.6 Å². The Morgan fingerprint density at radius 3 is 2.76 bits per heavy atom. The molecule has 0 spiro atoms. The highest BCUT2D eigenvalue weighted by atomic mass is 16.5. The van der Waals surface area contributed by atoms with Crippen molar-refractivity contribution in [1.82, 2.24) is 19.7 Å². The van der Waals surface area contributed by atoms with Crippen molar-refractivity contribution < 1.29 is 9.53 Å². The number of carbonyl (C=O) groups excluding carboxylic acids is 1. The zero-order chi connectivity index (χ0) is 17.1. The first kappa shape index (κ1) is 15.3. The Morgan fingerprint density at radius 1 is 1.20 bits per heavy atom. The van der Waals surface area contributed by atoms with Crippen LogP contribution in [0.4, 0.5) is 5.69 Å². The fraction of sp³-hybridized carbons (Fsp3) is 0.222. The van der Waals surface area contributed by atoms with E-state index in [1.807, 2.05) is 24.3 Å². The van der Waals surface area contributed by atoms with Crippen LogP contribution in [0.15, 0.2) is 55.2 Å². The first-order valence-corrected chi connectivity index (χ1v) is 8.13. The lowest BCUT2D eigenvalue weighted by Crippen LogP contribution is -2.12. The largest absolute Gasteiger partial charge is 0.477 e. The zero-order valence-electron chi connectivity index (χ0n) is 13.5. The fourth-order valence-electron chi connectivity index (χ4n) is 2.37. The van der Waals surface area contributed by atoms with Gasteiger partial charge in [-0.3, -0.25) is 9.36 Å². The number of benzene rings is 1. The van der Waals surface area contributed by atoms with E-state index in [0.717, 1.165) is 5.69 Å². The summed E-state index contributed by atoms with van der Waals surface area (Å²) in [6, 6.07) is 10.9. The number of anilines is 1. The highest BCUT2D eigenvalue weighted by Gasteiger charge is 2.22. The highest BCUT2D eigenvalue weighted by molar-refractivity contribution is 6.04. The molecule has 0 radical (unpaired) electrons. The normalized spacial score (nSPS) is 13.4. The van der Waals surface area contributed by atoms with Crippen molar-refractivity contribution in [2.75, 3.05) is 11.9 Å². The maximum atomic E-state index is 12.4. The van der Waals surface area contributed by atoms with Gasteiger partial charge in [0.25, 0.3) is 5.91 Å². The van der Waals surface area contributed by atoms with Crippen molar-refractivity contribution in [3.63, 3.8) is 0 Å². The molecule has 1 aliphatic rings. The molecule has 0 unspecified atom stereocenters. The van der Waals surface area contributed by atoms with E-state index in [1.165, 1.54) is 19.0 Å². The minimum Gasteiger partial charge on any atom is -0.477 e. The molecule has 1 saturated carbocycles. The maximum absolute atomic E-state index is 12.4. The van der Waals surface area contributed by atoms with E-state index in [-0.39, 0.29) is 5.91 Å². The molecule has 1 amide bonds. The predicted octanol–water partition coefficient (Wildman–Crippen LogP) is 2.70. The summed E-state index contributed by atoms with van der Waals surface area (Å²) in [5.41, 5.74) is 2.03. The third-order valence-corrected chi connectivity index (χ3v) is 3.98. The van der Waals surface area contributed by atoms with Gasteiger partial charge >= 0.3 is 0 Å². The summed E-state index contributed by atoms with van der Waals surface area (Å²) in [5, 5.41) is 10.4. The van der Waals surface area contributed by atoms with Crippen LogP contribution >= 0.6 is 0 Å². The molecule has 25 heavy (non-hydrogen) atoms. The van der Waals surface area contributed by atoms with Gasteiger partial charge in [0.1, 0.15) is 12.7 Å². The second-order valence-electron chi connectivity index (χ2n) is 6.01. The number of pyridine rings is 1. The van der Waals surface area contributed by atoms with E-state index in [4.69, 9.17) is 4.74 Å². The summed E-state index contributed by atoms with van der Waals surface area (Å²) in [5.74, 6) is 1.00. The number of carbonyl (C=O) groups is 1. The predicted molar refractivity (Wildman–Crippen MR) is 91.8 cm³/mol. The Kier molecular flexibility index (Phi) is 4.12. The third kappa shape index (κ3) is 3.82. The Hall–Kier alpha value is -3.22. The van der Waals surface area contributed by atoms with Gasteiger partial charge in [0.15, 0.2) is 0 Å². The molecule has 3 aromatic rings. The summed E-state index contributed by atoms with van der Waals surface area (Å²) in [7, 11) is 0. The molecule has 1 aromatic carbocycles. The quantitative estimate of drug-likeness (QED) is 0.749. The minimum atomic E-state index is -0.220. The van der Waals surface area contributed by atoms with Crippen molar-refractivity contribution in [2.24, 2.45) is 5.92 Å². The lowest BCUT2D eigenvalue weighted by atomic mass is 10.2. The molecule has 1 N–H and O–H groups in total. The van der Waals surface area contributed by atoms with Gasteiger partial charge < -0.3 is 10.1 Å². The molecule has 2 heterocycles. The number of nitrogens with one attached hydrogen (secondary N) is 1. The first-order chi connectivity index (χ1) is 12.3. The van der Waals surface area contributed by atoms with E-state index >= 15 is 0 Å². The Labute approximate surface area is 144 Å². The van der Waals surface area contributed by atoms with Crippen LogP contribution in [0.2, 0.25) is 0 Å². The summed E-state index contributed by atoms with van der Waals surface area (Å²) in [6.45, 7) is 0.703. The SMILES string of the molecule is O=C(Nc1cccc(-n2cnnc2)c1)c1ccc(OCC2CC2)nc1. The summed E-state index contributed by atoms with van der Waals surface area (Å²) < 4.78 is 7.35. The first-order valence-electron chi connectivity index (χ1n) is 8.13. The van der Waals surface area contributed by atoms with Crippen LogP contribution in [0.5, 0.6) is 5.88 Å². The fourth-order valence-corrected chi connectivity index (χ4v) is 2.37. The molecule has 126 valence electrons. The molecule has 2 aromatic heterocycles. The molecule has 0 saturated heterocycles. The van der Waals surface area contributed by atoms with Gasteiger partial charge in [-0.15, -0.1) is 10.2 Å². The lowest BCUT2D eigenvalue weighted by molar-refractivity contribution is 0.102. The van der Waals surface area contributed by atoms with E-state index < -0.39 is 0 Å². The molecule has 0 atom stereocenters. The van der Waals surface area contributed by atoms with Gasteiger partial charge in [0.05, 0.1) is 17.9 Å². The average Bonchev–Trinajstić information content (AvgIpc) is 3.31. The van der Waals surface area contributed by atoms with Crippen molar-refractivity contribution in [3.8, 4) is 11.6 Å². The van der Waals surface area contributed by atoms with Gasteiger partial charge in [-0.25, -0.2) is 4.98 Å². The monoisotopic (exact) mass is 335 g/mol. The van der Waals surface area contributed by atoms with Crippen LogP contribution in [-0.2, 0) is 0 Å². The Morgan fingerprint density at radius 2 is 2.04 bits per heavy atom. The van der Waals surface area contributed by atoms with Crippen LogP contribution < -0.4 is 10.1 Å². The maximum Gasteiger partial charge on any atom is 0.257 e. The molecular weight excluding hydrogens is 318 g/mol. The second kappa shape index (κ2) is 6.72.